The van der Waals surface area contributed by atoms with Gasteiger partial charge in [-0.25, -0.2) is 8.42 Å². The first kappa shape index (κ1) is 20.7. The van der Waals surface area contributed by atoms with E-state index in [2.05, 4.69) is 5.32 Å². The SMILES string of the molecule is CCN(CC)S(=O)(=O)c1cc(C(=O)Nc2cc(OC)ccc2N)ccc1C. The quantitative estimate of drug-likeness (QED) is 0.707. The van der Waals surface area contributed by atoms with Gasteiger partial charge in [-0.15, -0.1) is 0 Å². The number of aryl methyl sites for hydroxylation is 1. The Bertz CT molecular complexity index is 938. The van der Waals surface area contributed by atoms with E-state index in [0.717, 1.165) is 0 Å². The highest BCUT2D eigenvalue weighted by atomic mass is 32.2. The fourth-order valence-corrected chi connectivity index (χ4v) is 4.40. The van der Waals surface area contributed by atoms with Crippen LogP contribution in [0.15, 0.2) is 41.3 Å². The topological polar surface area (TPSA) is 102 Å². The molecule has 3 N–H and O–H groups in total. The lowest BCUT2D eigenvalue weighted by molar-refractivity contribution is 0.102. The number of carbonyl (C=O) groups is 1. The monoisotopic (exact) mass is 391 g/mol. The van der Waals surface area contributed by atoms with Crippen molar-refractivity contribution in [2.24, 2.45) is 0 Å². The summed E-state index contributed by atoms with van der Waals surface area (Å²) in [6.07, 6.45) is 0. The molecule has 0 fully saturated rings. The number of ether oxygens (including phenoxy) is 1. The van der Waals surface area contributed by atoms with Crippen LogP contribution in [-0.2, 0) is 10.0 Å². The van der Waals surface area contributed by atoms with Crippen LogP contribution in [0.2, 0.25) is 0 Å². The Balaban J connectivity index is 2.39. The number of amides is 1. The third kappa shape index (κ3) is 4.40. The molecule has 0 atom stereocenters. The molecule has 0 aliphatic carbocycles. The smallest absolute Gasteiger partial charge is 0.255 e. The molecule has 27 heavy (non-hydrogen) atoms. The first-order valence-corrected chi connectivity index (χ1v) is 10.0. The molecule has 2 aromatic rings. The number of methoxy groups -OCH3 is 1. The van der Waals surface area contributed by atoms with E-state index >= 15 is 0 Å². The Morgan fingerprint density at radius 2 is 1.81 bits per heavy atom. The first-order chi connectivity index (χ1) is 12.7. The van der Waals surface area contributed by atoms with Crippen molar-refractivity contribution < 1.29 is 17.9 Å². The largest absolute Gasteiger partial charge is 0.497 e. The Hall–Kier alpha value is -2.58. The predicted octanol–water partition coefficient (Wildman–Crippen LogP) is 2.87. The summed E-state index contributed by atoms with van der Waals surface area (Å²) in [4.78, 5) is 12.8. The van der Waals surface area contributed by atoms with Gasteiger partial charge in [-0.2, -0.15) is 4.31 Å². The van der Waals surface area contributed by atoms with Crippen molar-refractivity contribution in [2.45, 2.75) is 25.7 Å². The molecule has 0 spiro atoms. The summed E-state index contributed by atoms with van der Waals surface area (Å²) in [6, 6.07) is 9.53. The maximum atomic E-state index is 12.8. The van der Waals surface area contributed by atoms with Crippen LogP contribution in [0, 0.1) is 6.92 Å². The lowest BCUT2D eigenvalue weighted by Gasteiger charge is -2.20. The third-order valence-electron chi connectivity index (χ3n) is 4.28. The number of sulfonamides is 1. The molecular weight excluding hydrogens is 366 g/mol. The Morgan fingerprint density at radius 1 is 1.15 bits per heavy atom. The van der Waals surface area contributed by atoms with E-state index in [9.17, 15) is 13.2 Å². The van der Waals surface area contributed by atoms with Crippen LogP contribution in [0.25, 0.3) is 0 Å². The van der Waals surface area contributed by atoms with Gasteiger partial charge in [0, 0.05) is 24.7 Å². The molecule has 0 saturated carbocycles. The van der Waals surface area contributed by atoms with Crippen molar-refractivity contribution in [2.75, 3.05) is 31.2 Å². The number of hydrogen-bond donors (Lipinski definition) is 2. The molecule has 2 aromatic carbocycles. The van der Waals surface area contributed by atoms with Gasteiger partial charge in [-0.1, -0.05) is 19.9 Å². The molecular formula is C19H25N3O4S. The normalized spacial score (nSPS) is 11.4. The predicted molar refractivity (Wildman–Crippen MR) is 107 cm³/mol. The minimum atomic E-state index is -3.67. The maximum Gasteiger partial charge on any atom is 0.255 e. The van der Waals surface area contributed by atoms with Crippen molar-refractivity contribution in [3.8, 4) is 5.75 Å². The van der Waals surface area contributed by atoms with E-state index < -0.39 is 15.9 Å². The zero-order valence-corrected chi connectivity index (χ0v) is 16.8. The molecule has 8 heteroatoms. The van der Waals surface area contributed by atoms with Crippen LogP contribution in [0.3, 0.4) is 0 Å². The van der Waals surface area contributed by atoms with Gasteiger partial charge in [0.2, 0.25) is 10.0 Å². The summed E-state index contributed by atoms with van der Waals surface area (Å²) < 4.78 is 32.2. The molecule has 0 bridgehead atoms. The van der Waals surface area contributed by atoms with Crippen LogP contribution >= 0.6 is 0 Å². The van der Waals surface area contributed by atoms with E-state index in [1.165, 1.54) is 17.5 Å². The Morgan fingerprint density at radius 3 is 2.41 bits per heavy atom. The summed E-state index contributed by atoms with van der Waals surface area (Å²) in [5.41, 5.74) is 7.49. The molecule has 0 radical (unpaired) electrons. The number of nitrogens with two attached hydrogens (primary N) is 1. The van der Waals surface area contributed by atoms with Crippen LogP contribution in [0.1, 0.15) is 29.8 Å². The van der Waals surface area contributed by atoms with Gasteiger partial charge in [0.15, 0.2) is 0 Å². The molecule has 0 aliphatic rings. The number of rotatable bonds is 7. The van der Waals surface area contributed by atoms with Gasteiger partial charge >= 0.3 is 0 Å². The van der Waals surface area contributed by atoms with E-state index in [-0.39, 0.29) is 10.5 Å². The number of benzene rings is 2. The lowest BCUT2D eigenvalue weighted by atomic mass is 10.1. The van der Waals surface area contributed by atoms with Gasteiger partial charge in [-0.05, 0) is 36.8 Å². The van der Waals surface area contributed by atoms with Crippen molar-refractivity contribution in [3.63, 3.8) is 0 Å². The van der Waals surface area contributed by atoms with Crippen molar-refractivity contribution in [1.82, 2.24) is 4.31 Å². The zero-order chi connectivity index (χ0) is 20.2. The van der Waals surface area contributed by atoms with Gasteiger partial charge in [-0.3, -0.25) is 4.79 Å². The molecule has 0 unspecified atom stereocenters. The van der Waals surface area contributed by atoms with Gasteiger partial charge in [0.1, 0.15) is 5.75 Å². The molecule has 0 aliphatic heterocycles. The first-order valence-electron chi connectivity index (χ1n) is 8.60. The summed E-state index contributed by atoms with van der Waals surface area (Å²) in [5, 5.41) is 2.70. The Kier molecular flexibility index (Phi) is 6.45. The molecule has 7 nitrogen and oxygen atoms in total. The van der Waals surface area contributed by atoms with Crippen molar-refractivity contribution >= 4 is 27.3 Å². The number of carbonyl (C=O) groups excluding carboxylic acids is 1. The van der Waals surface area contributed by atoms with Crippen LogP contribution in [0.4, 0.5) is 11.4 Å². The molecule has 0 heterocycles. The van der Waals surface area contributed by atoms with Crippen LogP contribution in [-0.4, -0.2) is 38.8 Å². The zero-order valence-electron chi connectivity index (χ0n) is 15.9. The molecule has 2 rings (SSSR count). The minimum absolute atomic E-state index is 0.123. The summed E-state index contributed by atoms with van der Waals surface area (Å²) in [7, 11) is -2.16. The maximum absolute atomic E-state index is 12.8. The highest BCUT2D eigenvalue weighted by molar-refractivity contribution is 7.89. The second kappa shape index (κ2) is 8.41. The standard InChI is InChI=1S/C19H25N3O4S/c1-5-22(6-2)27(24,25)18-11-14(8-7-13(18)3)19(23)21-17-12-15(26-4)9-10-16(17)20/h7-12H,5-6,20H2,1-4H3,(H,21,23). The molecule has 0 saturated heterocycles. The fraction of sp³-hybridized carbons (Fsp3) is 0.316. The number of hydrogen-bond acceptors (Lipinski definition) is 5. The van der Waals surface area contributed by atoms with Crippen molar-refractivity contribution in [1.29, 1.82) is 0 Å². The number of nitrogens with one attached hydrogen (secondary N) is 1. The number of nitrogens with zero attached hydrogens (tertiary/aromatic N) is 1. The third-order valence-corrected chi connectivity index (χ3v) is 6.47. The van der Waals surface area contributed by atoms with Crippen LogP contribution in [0.5, 0.6) is 5.75 Å². The highest BCUT2D eigenvalue weighted by Crippen LogP contribution is 2.26. The average Bonchev–Trinajstić information content (AvgIpc) is 2.64. The van der Waals surface area contributed by atoms with E-state index in [0.29, 0.717) is 35.8 Å². The average molecular weight is 391 g/mol. The van der Waals surface area contributed by atoms with Gasteiger partial charge < -0.3 is 15.8 Å². The van der Waals surface area contributed by atoms with Crippen LogP contribution < -0.4 is 15.8 Å². The lowest BCUT2D eigenvalue weighted by Crippen LogP contribution is -2.31. The number of nitrogen functional groups attached to an aromatic ring is 1. The van der Waals surface area contributed by atoms with Crippen molar-refractivity contribution in [3.05, 3.63) is 47.5 Å². The van der Waals surface area contributed by atoms with E-state index in [1.54, 1.807) is 51.1 Å². The summed E-state index contributed by atoms with van der Waals surface area (Å²) >= 11 is 0. The van der Waals surface area contributed by atoms with E-state index in [1.807, 2.05) is 0 Å². The molecule has 0 aromatic heterocycles. The summed E-state index contributed by atoms with van der Waals surface area (Å²) in [6.45, 7) is 5.97. The minimum Gasteiger partial charge on any atom is -0.497 e. The molecule has 146 valence electrons. The van der Waals surface area contributed by atoms with Gasteiger partial charge in [0.25, 0.3) is 5.91 Å². The molecule has 1 amide bonds. The second-order valence-electron chi connectivity index (χ2n) is 5.98. The highest BCUT2D eigenvalue weighted by Gasteiger charge is 2.24. The fourth-order valence-electron chi connectivity index (χ4n) is 2.69. The number of anilines is 2. The second-order valence-corrected chi connectivity index (χ2v) is 7.88. The summed E-state index contributed by atoms with van der Waals surface area (Å²) in [5.74, 6) is 0.0964. The van der Waals surface area contributed by atoms with Gasteiger partial charge in [0.05, 0.1) is 23.4 Å². The Labute approximate surface area is 160 Å². The van der Waals surface area contributed by atoms with E-state index in [4.69, 9.17) is 10.5 Å².